The fraction of sp³-hybridized carbons (Fsp3) is 0.417. The second-order valence-corrected chi connectivity index (χ2v) is 10.5. The van der Waals surface area contributed by atoms with Crippen molar-refractivity contribution >= 4 is 27.5 Å². The molecule has 0 aromatic heterocycles. The molecule has 178 valence electrons. The van der Waals surface area contributed by atoms with Crippen LogP contribution < -0.4 is 15.8 Å². The third kappa shape index (κ3) is 5.91. The van der Waals surface area contributed by atoms with Crippen molar-refractivity contribution in [1.29, 1.82) is 0 Å². The van der Waals surface area contributed by atoms with Gasteiger partial charge in [-0.2, -0.15) is 4.31 Å². The smallest absolute Gasteiger partial charge is 0.246 e. The second-order valence-electron chi connectivity index (χ2n) is 8.57. The minimum absolute atomic E-state index is 0.144. The second kappa shape index (κ2) is 10.4. The van der Waals surface area contributed by atoms with Crippen LogP contribution in [-0.4, -0.2) is 44.7 Å². The molecule has 1 aliphatic heterocycles. The number of hydrogen-bond acceptors (Lipinski definition) is 5. The predicted octanol–water partition coefficient (Wildman–Crippen LogP) is 2.89. The number of nitrogens with one attached hydrogen (secondary N) is 1. The zero-order chi connectivity index (χ0) is 24.2. The number of carbonyl (C=O) groups excluding carboxylic acids is 2. The molecular formula is C24H31N3O5S. The molecule has 0 aliphatic carbocycles. The Hall–Kier alpha value is -2.91. The third-order valence-electron chi connectivity index (χ3n) is 5.90. The molecule has 0 atom stereocenters. The molecule has 0 radical (unpaired) electrons. The number of carbonyl (C=O) groups is 2. The summed E-state index contributed by atoms with van der Waals surface area (Å²) in [5.74, 6) is -0.343. The number of methoxy groups -OCH3 is 1. The van der Waals surface area contributed by atoms with Crippen molar-refractivity contribution in [3.8, 4) is 5.75 Å². The lowest BCUT2D eigenvalue weighted by Gasteiger charge is -2.31. The monoisotopic (exact) mass is 473 g/mol. The number of benzene rings is 2. The molecule has 8 nitrogen and oxygen atoms in total. The molecule has 1 fully saturated rings. The van der Waals surface area contributed by atoms with Crippen LogP contribution in [-0.2, 0) is 26.0 Å². The van der Waals surface area contributed by atoms with Crippen molar-refractivity contribution in [1.82, 2.24) is 4.31 Å². The highest BCUT2D eigenvalue weighted by atomic mass is 32.2. The number of ether oxygens (including phenoxy) is 1. The van der Waals surface area contributed by atoms with Crippen LogP contribution in [0.25, 0.3) is 0 Å². The molecule has 2 amide bonds. The lowest BCUT2D eigenvalue weighted by atomic mass is 9.97. The van der Waals surface area contributed by atoms with E-state index in [0.717, 1.165) is 11.1 Å². The average Bonchev–Trinajstić information content (AvgIpc) is 2.79. The normalized spacial score (nSPS) is 15.4. The van der Waals surface area contributed by atoms with Gasteiger partial charge in [-0.3, -0.25) is 9.59 Å². The Bertz CT molecular complexity index is 1110. The van der Waals surface area contributed by atoms with Crippen LogP contribution in [0.5, 0.6) is 5.75 Å². The van der Waals surface area contributed by atoms with E-state index in [1.807, 2.05) is 19.9 Å². The van der Waals surface area contributed by atoms with Gasteiger partial charge < -0.3 is 15.8 Å². The standard InChI is InChI=1S/C24H31N3O5S/c1-16(2)19-6-9-21(32-3)22(15-19)33(30,31)27-12-10-18(11-13-27)24(29)26-20-7-4-17(5-8-20)14-23(25)28/h4-9,15-16,18H,10-14H2,1-3H3,(H2,25,28)(H,26,29). The number of sulfonamides is 1. The van der Waals surface area contributed by atoms with Gasteiger partial charge in [0.2, 0.25) is 21.8 Å². The summed E-state index contributed by atoms with van der Waals surface area (Å²) in [6.45, 7) is 4.53. The van der Waals surface area contributed by atoms with Gasteiger partial charge in [-0.25, -0.2) is 8.42 Å². The van der Waals surface area contributed by atoms with Crippen LogP contribution in [0.15, 0.2) is 47.4 Å². The molecule has 1 saturated heterocycles. The summed E-state index contributed by atoms with van der Waals surface area (Å²) in [6, 6.07) is 12.2. The summed E-state index contributed by atoms with van der Waals surface area (Å²) in [5.41, 5.74) is 7.51. The Morgan fingerprint density at radius 1 is 1.12 bits per heavy atom. The SMILES string of the molecule is COc1ccc(C(C)C)cc1S(=O)(=O)N1CCC(C(=O)Nc2ccc(CC(N)=O)cc2)CC1. The van der Waals surface area contributed by atoms with E-state index in [2.05, 4.69) is 5.32 Å². The first-order valence-corrected chi connectivity index (χ1v) is 12.4. The van der Waals surface area contributed by atoms with Gasteiger partial charge >= 0.3 is 0 Å². The van der Waals surface area contributed by atoms with E-state index in [1.165, 1.54) is 11.4 Å². The van der Waals surface area contributed by atoms with E-state index in [9.17, 15) is 18.0 Å². The van der Waals surface area contributed by atoms with Gasteiger partial charge in [-0.15, -0.1) is 0 Å². The van der Waals surface area contributed by atoms with Gasteiger partial charge in [0, 0.05) is 24.7 Å². The molecular weight excluding hydrogens is 442 g/mol. The average molecular weight is 474 g/mol. The van der Waals surface area contributed by atoms with Crippen molar-refractivity contribution in [3.05, 3.63) is 53.6 Å². The number of piperidine rings is 1. The summed E-state index contributed by atoms with van der Waals surface area (Å²) in [4.78, 5) is 23.9. The highest BCUT2D eigenvalue weighted by Gasteiger charge is 2.34. The third-order valence-corrected chi connectivity index (χ3v) is 7.82. The van der Waals surface area contributed by atoms with E-state index in [0.29, 0.717) is 24.3 Å². The largest absolute Gasteiger partial charge is 0.495 e. The van der Waals surface area contributed by atoms with Crippen LogP contribution in [0, 0.1) is 5.92 Å². The van der Waals surface area contributed by atoms with Crippen LogP contribution in [0.4, 0.5) is 5.69 Å². The van der Waals surface area contributed by atoms with Gasteiger partial charge in [0.15, 0.2) is 0 Å². The molecule has 0 saturated carbocycles. The van der Waals surface area contributed by atoms with E-state index in [1.54, 1.807) is 36.4 Å². The summed E-state index contributed by atoms with van der Waals surface area (Å²) >= 11 is 0. The Kier molecular flexibility index (Phi) is 7.76. The van der Waals surface area contributed by atoms with E-state index >= 15 is 0 Å². The van der Waals surface area contributed by atoms with Gasteiger partial charge in [0.25, 0.3) is 0 Å². The zero-order valence-electron chi connectivity index (χ0n) is 19.2. The van der Waals surface area contributed by atoms with E-state index < -0.39 is 15.9 Å². The maximum absolute atomic E-state index is 13.3. The quantitative estimate of drug-likeness (QED) is 0.611. The molecule has 9 heteroatoms. The van der Waals surface area contributed by atoms with Gasteiger partial charge in [-0.1, -0.05) is 32.0 Å². The van der Waals surface area contributed by atoms with Crippen molar-refractivity contribution in [2.24, 2.45) is 11.7 Å². The number of hydrogen-bond donors (Lipinski definition) is 2. The molecule has 2 aromatic rings. The minimum atomic E-state index is -3.74. The minimum Gasteiger partial charge on any atom is -0.495 e. The number of primary amides is 1. The van der Waals surface area contributed by atoms with Gasteiger partial charge in [0.1, 0.15) is 10.6 Å². The highest BCUT2D eigenvalue weighted by molar-refractivity contribution is 7.89. The van der Waals surface area contributed by atoms with Crippen molar-refractivity contribution in [2.45, 2.75) is 43.9 Å². The Balaban J connectivity index is 1.65. The van der Waals surface area contributed by atoms with Gasteiger partial charge in [-0.05, 0) is 54.2 Å². The number of nitrogens with two attached hydrogens (primary N) is 1. The van der Waals surface area contributed by atoms with E-state index in [-0.39, 0.29) is 42.1 Å². The first kappa shape index (κ1) is 24.7. The molecule has 3 rings (SSSR count). The molecule has 0 unspecified atom stereocenters. The molecule has 2 aromatic carbocycles. The first-order valence-electron chi connectivity index (χ1n) is 11.0. The van der Waals surface area contributed by atoms with Crippen molar-refractivity contribution < 1.29 is 22.7 Å². The molecule has 0 bridgehead atoms. The molecule has 0 spiro atoms. The first-order chi connectivity index (χ1) is 15.6. The Morgan fingerprint density at radius 3 is 2.30 bits per heavy atom. The predicted molar refractivity (Wildman–Crippen MR) is 127 cm³/mol. The van der Waals surface area contributed by atoms with Crippen LogP contribution >= 0.6 is 0 Å². The molecule has 1 aliphatic rings. The molecule has 3 N–H and O–H groups in total. The topological polar surface area (TPSA) is 119 Å². The summed E-state index contributed by atoms with van der Waals surface area (Å²) in [6.07, 6.45) is 1.00. The lowest BCUT2D eigenvalue weighted by Crippen LogP contribution is -2.41. The maximum Gasteiger partial charge on any atom is 0.246 e. The summed E-state index contributed by atoms with van der Waals surface area (Å²) < 4.78 is 33.4. The maximum atomic E-state index is 13.3. The van der Waals surface area contributed by atoms with E-state index in [4.69, 9.17) is 10.5 Å². The number of anilines is 1. The Morgan fingerprint density at radius 2 is 1.76 bits per heavy atom. The number of rotatable bonds is 8. The Labute approximate surface area is 195 Å². The summed E-state index contributed by atoms with van der Waals surface area (Å²) in [5, 5.41) is 2.87. The summed E-state index contributed by atoms with van der Waals surface area (Å²) in [7, 11) is -2.29. The molecule has 33 heavy (non-hydrogen) atoms. The molecule has 1 heterocycles. The fourth-order valence-corrected chi connectivity index (χ4v) is 5.56. The van der Waals surface area contributed by atoms with Crippen molar-refractivity contribution in [2.75, 3.05) is 25.5 Å². The van der Waals surface area contributed by atoms with Crippen molar-refractivity contribution in [3.63, 3.8) is 0 Å². The zero-order valence-corrected chi connectivity index (χ0v) is 20.0. The van der Waals surface area contributed by atoms with Crippen LogP contribution in [0.2, 0.25) is 0 Å². The number of amides is 2. The lowest BCUT2D eigenvalue weighted by molar-refractivity contribution is -0.121. The van der Waals surface area contributed by atoms with Gasteiger partial charge in [0.05, 0.1) is 13.5 Å². The van der Waals surface area contributed by atoms with Crippen LogP contribution in [0.1, 0.15) is 43.7 Å². The highest BCUT2D eigenvalue weighted by Crippen LogP contribution is 2.32. The van der Waals surface area contributed by atoms with Crippen LogP contribution in [0.3, 0.4) is 0 Å². The number of nitrogens with zero attached hydrogens (tertiary/aromatic N) is 1. The fourth-order valence-electron chi connectivity index (χ4n) is 3.90.